The van der Waals surface area contributed by atoms with E-state index >= 15 is 0 Å². The molecule has 0 aromatic carbocycles. The van der Waals surface area contributed by atoms with Crippen LogP contribution in [0.1, 0.15) is 40.5 Å². The molecule has 1 fully saturated rings. The highest BCUT2D eigenvalue weighted by Gasteiger charge is 2.41. The molecule has 1 unspecified atom stereocenters. The molecule has 19 heavy (non-hydrogen) atoms. The first-order valence-corrected chi connectivity index (χ1v) is 8.39. The highest BCUT2D eigenvalue weighted by molar-refractivity contribution is 7.89. The van der Waals surface area contributed by atoms with E-state index in [1.165, 1.54) is 4.31 Å². The predicted octanol–water partition coefficient (Wildman–Crippen LogP) is 1.79. The topological polar surface area (TPSA) is 74.7 Å². The van der Waals surface area contributed by atoms with Gasteiger partial charge in [0.2, 0.25) is 10.0 Å². The minimum absolute atomic E-state index is 0.0814. The molecule has 0 aliphatic carbocycles. The van der Waals surface area contributed by atoms with Gasteiger partial charge in [-0.25, -0.2) is 12.7 Å². The van der Waals surface area contributed by atoms with Crippen molar-refractivity contribution in [1.82, 2.24) is 4.31 Å². The van der Waals surface area contributed by atoms with E-state index < -0.39 is 21.4 Å². The van der Waals surface area contributed by atoms with Crippen molar-refractivity contribution in [2.45, 2.75) is 40.5 Å². The van der Waals surface area contributed by atoms with E-state index in [-0.39, 0.29) is 17.6 Å². The molecule has 112 valence electrons. The maximum atomic E-state index is 12.2. The Morgan fingerprint density at radius 1 is 1.42 bits per heavy atom. The van der Waals surface area contributed by atoms with Crippen LogP contribution in [0.5, 0.6) is 0 Å². The first-order valence-electron chi connectivity index (χ1n) is 6.78. The molecule has 1 rings (SSSR count). The smallest absolute Gasteiger partial charge is 0.309 e. The summed E-state index contributed by atoms with van der Waals surface area (Å²) in [4.78, 5) is 11.3. The Morgan fingerprint density at radius 2 is 2.00 bits per heavy atom. The lowest BCUT2D eigenvalue weighted by atomic mass is 9.75. The summed E-state index contributed by atoms with van der Waals surface area (Å²) in [5.74, 6) is -0.771. The van der Waals surface area contributed by atoms with Crippen molar-refractivity contribution in [2.24, 2.45) is 17.3 Å². The summed E-state index contributed by atoms with van der Waals surface area (Å²) >= 11 is 0. The molecule has 1 heterocycles. The summed E-state index contributed by atoms with van der Waals surface area (Å²) in [6.45, 7) is 7.95. The van der Waals surface area contributed by atoms with Crippen LogP contribution in [-0.4, -0.2) is 42.6 Å². The van der Waals surface area contributed by atoms with Gasteiger partial charge in [-0.3, -0.25) is 4.79 Å². The first kappa shape index (κ1) is 16.4. The van der Waals surface area contributed by atoms with E-state index in [1.807, 2.05) is 13.8 Å². The van der Waals surface area contributed by atoms with Crippen molar-refractivity contribution in [3.05, 3.63) is 0 Å². The van der Waals surface area contributed by atoms with Gasteiger partial charge >= 0.3 is 5.97 Å². The first-order chi connectivity index (χ1) is 8.57. The molecule has 0 bridgehead atoms. The molecule has 0 spiro atoms. The summed E-state index contributed by atoms with van der Waals surface area (Å²) in [6.07, 6.45) is 1.51. The van der Waals surface area contributed by atoms with Gasteiger partial charge in [0.25, 0.3) is 0 Å². The predicted molar refractivity (Wildman–Crippen MR) is 74.3 cm³/mol. The third kappa shape index (κ3) is 3.92. The van der Waals surface area contributed by atoms with Crippen molar-refractivity contribution in [3.8, 4) is 0 Å². The zero-order valence-corrected chi connectivity index (χ0v) is 13.0. The Kier molecular flexibility index (Phi) is 5.01. The Labute approximate surface area is 116 Å². The molecule has 1 aliphatic heterocycles. The van der Waals surface area contributed by atoms with Crippen LogP contribution in [0.2, 0.25) is 0 Å². The number of aliphatic carboxylic acids is 1. The maximum absolute atomic E-state index is 12.2. The molecule has 1 saturated heterocycles. The maximum Gasteiger partial charge on any atom is 0.309 e. The molecule has 0 saturated carbocycles. The van der Waals surface area contributed by atoms with Crippen LogP contribution in [0.15, 0.2) is 0 Å². The fraction of sp³-hybridized carbons (Fsp3) is 0.923. The average molecular weight is 291 g/mol. The Bertz CT molecular complexity index is 428. The fourth-order valence-electron chi connectivity index (χ4n) is 2.49. The largest absolute Gasteiger partial charge is 0.481 e. The third-order valence-corrected chi connectivity index (χ3v) is 6.10. The summed E-state index contributed by atoms with van der Waals surface area (Å²) in [5, 5.41) is 9.26. The molecule has 1 atom stereocenters. The molecule has 5 nitrogen and oxygen atoms in total. The van der Waals surface area contributed by atoms with Crippen molar-refractivity contribution >= 4 is 16.0 Å². The number of carboxylic acids is 1. The molecule has 1 aliphatic rings. The molecule has 0 radical (unpaired) electrons. The lowest BCUT2D eigenvalue weighted by molar-refractivity contribution is -0.151. The van der Waals surface area contributed by atoms with Crippen LogP contribution in [-0.2, 0) is 14.8 Å². The van der Waals surface area contributed by atoms with Crippen LogP contribution >= 0.6 is 0 Å². The van der Waals surface area contributed by atoms with Gasteiger partial charge in [0.1, 0.15) is 0 Å². The number of hydrogen-bond donors (Lipinski definition) is 1. The van der Waals surface area contributed by atoms with Gasteiger partial charge in [-0.05, 0) is 38.5 Å². The SMILES string of the molecule is CC(C)CS(=O)(=O)N1CCCC(C(C)(C)C(=O)O)C1. The summed E-state index contributed by atoms with van der Waals surface area (Å²) in [5.41, 5.74) is -0.883. The van der Waals surface area contributed by atoms with Gasteiger partial charge in [0, 0.05) is 13.1 Å². The van der Waals surface area contributed by atoms with Gasteiger partial charge in [-0.2, -0.15) is 0 Å². The number of sulfonamides is 1. The van der Waals surface area contributed by atoms with Gasteiger partial charge in [-0.15, -0.1) is 0 Å². The number of piperidine rings is 1. The molecule has 0 aromatic heterocycles. The van der Waals surface area contributed by atoms with Gasteiger partial charge in [0.05, 0.1) is 11.2 Å². The number of rotatable bonds is 5. The van der Waals surface area contributed by atoms with Crippen LogP contribution in [0.4, 0.5) is 0 Å². The minimum atomic E-state index is -3.26. The molecule has 0 aromatic rings. The summed E-state index contributed by atoms with van der Waals surface area (Å²) in [7, 11) is -3.26. The van der Waals surface area contributed by atoms with Crippen molar-refractivity contribution in [3.63, 3.8) is 0 Å². The lowest BCUT2D eigenvalue weighted by Gasteiger charge is -2.38. The lowest BCUT2D eigenvalue weighted by Crippen LogP contribution is -2.47. The summed E-state index contributed by atoms with van der Waals surface area (Å²) in [6, 6.07) is 0. The second kappa shape index (κ2) is 5.79. The Morgan fingerprint density at radius 3 is 2.47 bits per heavy atom. The monoisotopic (exact) mass is 291 g/mol. The van der Waals surface area contributed by atoms with E-state index in [2.05, 4.69) is 0 Å². The minimum Gasteiger partial charge on any atom is -0.481 e. The highest BCUT2D eigenvalue weighted by Crippen LogP contribution is 2.35. The van der Waals surface area contributed by atoms with E-state index in [0.29, 0.717) is 13.1 Å². The molecular weight excluding hydrogens is 266 g/mol. The average Bonchev–Trinajstić information content (AvgIpc) is 2.27. The Balaban J connectivity index is 2.83. The quantitative estimate of drug-likeness (QED) is 0.838. The van der Waals surface area contributed by atoms with E-state index in [1.54, 1.807) is 13.8 Å². The van der Waals surface area contributed by atoms with Gasteiger partial charge in [-0.1, -0.05) is 13.8 Å². The number of hydrogen-bond acceptors (Lipinski definition) is 3. The van der Waals surface area contributed by atoms with Crippen molar-refractivity contribution < 1.29 is 18.3 Å². The zero-order valence-electron chi connectivity index (χ0n) is 12.2. The molecule has 1 N–H and O–H groups in total. The second-order valence-corrected chi connectivity index (χ2v) is 8.41. The fourth-order valence-corrected chi connectivity index (χ4v) is 4.35. The molecular formula is C13H25NO4S. The van der Waals surface area contributed by atoms with Crippen LogP contribution in [0.3, 0.4) is 0 Å². The highest BCUT2D eigenvalue weighted by atomic mass is 32.2. The van der Waals surface area contributed by atoms with Gasteiger partial charge in [0.15, 0.2) is 0 Å². The normalized spacial score (nSPS) is 22.7. The number of carbonyl (C=O) groups is 1. The molecule has 6 heteroatoms. The second-order valence-electron chi connectivity index (χ2n) is 6.40. The zero-order chi connectivity index (χ0) is 14.8. The van der Waals surface area contributed by atoms with Gasteiger partial charge < -0.3 is 5.11 Å². The third-order valence-electron chi connectivity index (χ3n) is 3.89. The molecule has 0 amide bonds. The van der Waals surface area contributed by atoms with Crippen LogP contribution in [0.25, 0.3) is 0 Å². The van der Waals surface area contributed by atoms with E-state index in [9.17, 15) is 18.3 Å². The van der Waals surface area contributed by atoms with Crippen LogP contribution < -0.4 is 0 Å². The number of carboxylic acid groups (broad SMARTS) is 1. The van der Waals surface area contributed by atoms with Crippen molar-refractivity contribution in [1.29, 1.82) is 0 Å². The van der Waals surface area contributed by atoms with E-state index in [4.69, 9.17) is 0 Å². The Hall–Kier alpha value is -0.620. The van der Waals surface area contributed by atoms with Crippen LogP contribution in [0, 0.1) is 17.3 Å². The van der Waals surface area contributed by atoms with Crippen molar-refractivity contribution in [2.75, 3.05) is 18.8 Å². The van der Waals surface area contributed by atoms with E-state index in [0.717, 1.165) is 12.8 Å². The summed E-state index contributed by atoms with van der Waals surface area (Å²) < 4.78 is 25.9. The standard InChI is InChI=1S/C13H25NO4S/c1-10(2)9-19(17,18)14-7-5-6-11(8-14)13(3,4)12(15)16/h10-11H,5-9H2,1-4H3,(H,15,16). The number of nitrogens with zero attached hydrogens (tertiary/aromatic N) is 1.